The number of esters is 1. The van der Waals surface area contributed by atoms with Crippen LogP contribution < -0.4 is 9.64 Å². The lowest BCUT2D eigenvalue weighted by molar-refractivity contribution is -0.151. The minimum atomic E-state index is -0.524. The van der Waals surface area contributed by atoms with Crippen molar-refractivity contribution in [2.45, 2.75) is 13.0 Å². The van der Waals surface area contributed by atoms with Gasteiger partial charge >= 0.3 is 5.97 Å². The van der Waals surface area contributed by atoms with E-state index in [2.05, 4.69) is 0 Å². The summed E-state index contributed by atoms with van der Waals surface area (Å²) in [4.78, 5) is 39.1. The van der Waals surface area contributed by atoms with Crippen LogP contribution in [-0.2, 0) is 25.7 Å². The number of carbonyl (C=O) groups excluding carboxylic acids is 3. The average Bonchev–Trinajstić information content (AvgIpc) is 3.18. The summed E-state index contributed by atoms with van der Waals surface area (Å²) in [5.41, 5.74) is 1.67. The predicted octanol–water partition coefficient (Wildman–Crippen LogP) is 2.07. The molecule has 0 saturated heterocycles. The van der Waals surface area contributed by atoms with Crippen LogP contribution in [0.3, 0.4) is 0 Å². The summed E-state index contributed by atoms with van der Waals surface area (Å²) in [6.45, 7) is 0.279. The number of carbonyl (C=O) groups is 3. The fourth-order valence-corrected chi connectivity index (χ4v) is 3.33. The van der Waals surface area contributed by atoms with Crippen LogP contribution in [0.1, 0.15) is 12.0 Å². The fraction of sp³-hybridized carbons (Fsp3) is 0.316. The first-order valence-corrected chi connectivity index (χ1v) is 9.41. The van der Waals surface area contributed by atoms with Crippen LogP contribution in [0, 0.1) is 0 Å². The Morgan fingerprint density at radius 2 is 2.11 bits per heavy atom. The number of thiophene rings is 1. The van der Waals surface area contributed by atoms with Crippen LogP contribution >= 0.6 is 11.3 Å². The molecule has 0 spiro atoms. The molecule has 7 nitrogen and oxygen atoms in total. The van der Waals surface area contributed by atoms with Gasteiger partial charge in [0.05, 0.1) is 12.1 Å². The van der Waals surface area contributed by atoms with Crippen LogP contribution in [-0.4, -0.2) is 49.5 Å². The Balaban J connectivity index is 1.46. The van der Waals surface area contributed by atoms with E-state index in [9.17, 15) is 14.4 Å². The number of para-hydroxylation sites is 2. The number of fused-ring (bicyclic) bond motifs is 1. The van der Waals surface area contributed by atoms with Crippen LogP contribution in [0.4, 0.5) is 5.69 Å². The lowest BCUT2D eigenvalue weighted by atomic mass is 10.2. The fourth-order valence-electron chi connectivity index (χ4n) is 2.67. The third kappa shape index (κ3) is 4.85. The molecule has 1 aromatic heterocycles. The van der Waals surface area contributed by atoms with E-state index >= 15 is 0 Å². The molecule has 3 rings (SSSR count). The Hall–Kier alpha value is -2.87. The molecule has 0 radical (unpaired) electrons. The van der Waals surface area contributed by atoms with Crippen LogP contribution in [0.15, 0.2) is 41.1 Å². The summed E-state index contributed by atoms with van der Waals surface area (Å²) in [5.74, 6) is -0.407. The number of likely N-dealkylation sites (N-methyl/N-ethyl adjacent to an activating group) is 1. The minimum absolute atomic E-state index is 0.00159. The first kappa shape index (κ1) is 18.9. The van der Waals surface area contributed by atoms with Crippen LogP contribution in [0.25, 0.3) is 0 Å². The van der Waals surface area contributed by atoms with Gasteiger partial charge in [0.15, 0.2) is 13.2 Å². The Bertz CT molecular complexity index is 821. The molecular weight excluding hydrogens is 368 g/mol. The summed E-state index contributed by atoms with van der Waals surface area (Å²) < 4.78 is 10.4. The molecule has 0 saturated carbocycles. The summed E-state index contributed by atoms with van der Waals surface area (Å²) in [6.07, 6.45) is 0.00159. The van der Waals surface area contributed by atoms with E-state index < -0.39 is 5.97 Å². The Morgan fingerprint density at radius 1 is 1.30 bits per heavy atom. The highest BCUT2D eigenvalue weighted by atomic mass is 32.1. The monoisotopic (exact) mass is 388 g/mol. The van der Waals surface area contributed by atoms with Crippen molar-refractivity contribution >= 4 is 34.8 Å². The van der Waals surface area contributed by atoms with Crippen molar-refractivity contribution in [3.63, 3.8) is 0 Å². The number of hydrogen-bond donors (Lipinski definition) is 0. The molecule has 1 aliphatic rings. The largest absolute Gasteiger partial charge is 0.482 e. The van der Waals surface area contributed by atoms with Crippen molar-refractivity contribution in [1.29, 1.82) is 0 Å². The molecule has 1 aliphatic heterocycles. The second-order valence-electron chi connectivity index (χ2n) is 6.09. The third-order valence-electron chi connectivity index (χ3n) is 4.13. The van der Waals surface area contributed by atoms with Crippen molar-refractivity contribution in [2.24, 2.45) is 0 Å². The van der Waals surface area contributed by atoms with E-state index in [0.717, 1.165) is 5.56 Å². The predicted molar refractivity (Wildman–Crippen MR) is 101 cm³/mol. The van der Waals surface area contributed by atoms with Crippen molar-refractivity contribution < 1.29 is 23.9 Å². The van der Waals surface area contributed by atoms with Crippen molar-refractivity contribution in [3.8, 4) is 5.75 Å². The molecule has 2 heterocycles. The highest BCUT2D eigenvalue weighted by Crippen LogP contribution is 2.31. The molecule has 8 heteroatoms. The van der Waals surface area contributed by atoms with E-state index in [1.54, 1.807) is 36.6 Å². The molecule has 2 amide bonds. The first-order valence-electron chi connectivity index (χ1n) is 8.47. The number of amides is 2. The molecule has 142 valence electrons. The van der Waals surface area contributed by atoms with Gasteiger partial charge in [0.1, 0.15) is 5.75 Å². The second kappa shape index (κ2) is 8.68. The van der Waals surface area contributed by atoms with E-state index in [1.807, 2.05) is 22.9 Å². The quantitative estimate of drug-likeness (QED) is 0.679. The maximum absolute atomic E-state index is 12.1. The Morgan fingerprint density at radius 3 is 2.89 bits per heavy atom. The van der Waals surface area contributed by atoms with Gasteiger partial charge in [-0.1, -0.05) is 12.1 Å². The average molecular weight is 388 g/mol. The normalized spacial score (nSPS) is 12.9. The van der Waals surface area contributed by atoms with Gasteiger partial charge < -0.3 is 19.3 Å². The molecule has 27 heavy (non-hydrogen) atoms. The number of ether oxygens (including phenoxy) is 2. The van der Waals surface area contributed by atoms with Crippen molar-refractivity contribution in [2.75, 3.05) is 31.7 Å². The summed E-state index contributed by atoms with van der Waals surface area (Å²) in [7, 11) is 1.66. The van der Waals surface area contributed by atoms with Gasteiger partial charge in [-0.25, -0.2) is 0 Å². The molecule has 2 aromatic rings. The van der Waals surface area contributed by atoms with Gasteiger partial charge in [-0.3, -0.25) is 14.4 Å². The van der Waals surface area contributed by atoms with E-state index in [0.29, 0.717) is 18.0 Å². The maximum Gasteiger partial charge on any atom is 0.308 e. The standard InChI is InChI=1S/C19H20N2O5S/c1-20(10-14-7-9-27-13-14)17(22)11-26-19(24)6-8-21-15-4-2-3-5-16(15)25-12-18(21)23/h2-5,7,9,13H,6,8,10-12H2,1H3. The van der Waals surface area contributed by atoms with E-state index in [1.165, 1.54) is 9.80 Å². The molecule has 1 aromatic carbocycles. The minimum Gasteiger partial charge on any atom is -0.482 e. The zero-order chi connectivity index (χ0) is 19.2. The van der Waals surface area contributed by atoms with Gasteiger partial charge in [0.2, 0.25) is 0 Å². The zero-order valence-electron chi connectivity index (χ0n) is 14.9. The second-order valence-corrected chi connectivity index (χ2v) is 6.87. The van der Waals surface area contributed by atoms with E-state index in [-0.39, 0.29) is 38.0 Å². The third-order valence-corrected chi connectivity index (χ3v) is 4.86. The number of hydrogen-bond acceptors (Lipinski definition) is 6. The Kier molecular flexibility index (Phi) is 6.08. The highest BCUT2D eigenvalue weighted by molar-refractivity contribution is 7.07. The number of anilines is 1. The first-order chi connectivity index (χ1) is 13.0. The summed E-state index contributed by atoms with van der Waals surface area (Å²) in [6, 6.07) is 9.10. The molecular formula is C19H20N2O5S. The Labute approximate surface area is 161 Å². The summed E-state index contributed by atoms with van der Waals surface area (Å²) in [5, 5.41) is 3.91. The zero-order valence-corrected chi connectivity index (χ0v) is 15.7. The van der Waals surface area contributed by atoms with Gasteiger partial charge in [-0.05, 0) is 34.5 Å². The molecule has 0 bridgehead atoms. The van der Waals surface area contributed by atoms with Crippen molar-refractivity contribution in [1.82, 2.24) is 4.90 Å². The maximum atomic E-state index is 12.1. The molecule has 0 atom stereocenters. The van der Waals surface area contributed by atoms with E-state index in [4.69, 9.17) is 9.47 Å². The summed E-state index contributed by atoms with van der Waals surface area (Å²) >= 11 is 1.56. The van der Waals surface area contributed by atoms with Gasteiger partial charge in [-0.15, -0.1) is 0 Å². The molecule has 0 unspecified atom stereocenters. The molecule has 0 aliphatic carbocycles. The highest BCUT2D eigenvalue weighted by Gasteiger charge is 2.25. The number of benzene rings is 1. The topological polar surface area (TPSA) is 76.2 Å². The van der Waals surface area contributed by atoms with Gasteiger partial charge in [-0.2, -0.15) is 11.3 Å². The smallest absolute Gasteiger partial charge is 0.308 e. The number of nitrogens with zero attached hydrogens (tertiary/aromatic N) is 2. The van der Waals surface area contributed by atoms with Crippen LogP contribution in [0.5, 0.6) is 5.75 Å². The molecule has 0 N–H and O–H groups in total. The lowest BCUT2D eigenvalue weighted by Crippen LogP contribution is -2.40. The lowest BCUT2D eigenvalue weighted by Gasteiger charge is -2.29. The SMILES string of the molecule is CN(Cc1ccsc1)C(=O)COC(=O)CCN1C(=O)COc2ccccc21. The number of rotatable bonds is 7. The van der Waals surface area contributed by atoms with Crippen LogP contribution in [0.2, 0.25) is 0 Å². The molecule has 0 fully saturated rings. The van der Waals surface area contributed by atoms with Gasteiger partial charge in [0.25, 0.3) is 11.8 Å². The van der Waals surface area contributed by atoms with Crippen molar-refractivity contribution in [3.05, 3.63) is 46.7 Å². The van der Waals surface area contributed by atoms with Gasteiger partial charge in [0, 0.05) is 20.1 Å².